The van der Waals surface area contributed by atoms with E-state index in [1.165, 1.54) is 0 Å². The van der Waals surface area contributed by atoms with E-state index >= 15 is 0 Å². The SMILES string of the molecule is C[C@@H]1COCCN1C(=O)CCc1cnccn1. The molecular formula is C12H17N3O2. The van der Waals surface area contributed by atoms with Gasteiger partial charge < -0.3 is 9.64 Å². The molecule has 0 aromatic carbocycles. The second-order valence-corrected chi connectivity index (χ2v) is 4.21. The highest BCUT2D eigenvalue weighted by atomic mass is 16.5. The minimum Gasteiger partial charge on any atom is -0.377 e. The van der Waals surface area contributed by atoms with Crippen LogP contribution in [0.3, 0.4) is 0 Å². The molecule has 92 valence electrons. The summed E-state index contributed by atoms with van der Waals surface area (Å²) < 4.78 is 5.31. The summed E-state index contributed by atoms with van der Waals surface area (Å²) in [6, 6.07) is 0.179. The number of aromatic nitrogens is 2. The Morgan fingerprint density at radius 1 is 1.59 bits per heavy atom. The lowest BCUT2D eigenvalue weighted by atomic mass is 10.2. The summed E-state index contributed by atoms with van der Waals surface area (Å²) in [5, 5.41) is 0. The van der Waals surface area contributed by atoms with E-state index in [1.54, 1.807) is 18.6 Å². The Hall–Kier alpha value is -1.49. The van der Waals surface area contributed by atoms with Crippen molar-refractivity contribution in [3.63, 3.8) is 0 Å². The molecule has 1 amide bonds. The summed E-state index contributed by atoms with van der Waals surface area (Å²) in [4.78, 5) is 22.0. The molecule has 2 heterocycles. The molecular weight excluding hydrogens is 218 g/mol. The lowest BCUT2D eigenvalue weighted by Gasteiger charge is -2.33. The maximum atomic E-state index is 12.0. The molecule has 1 aliphatic heterocycles. The second kappa shape index (κ2) is 5.72. The van der Waals surface area contributed by atoms with Crippen molar-refractivity contribution in [2.75, 3.05) is 19.8 Å². The molecule has 1 atom stereocenters. The van der Waals surface area contributed by atoms with Gasteiger partial charge in [0, 0.05) is 31.6 Å². The van der Waals surface area contributed by atoms with Crippen molar-refractivity contribution in [3.05, 3.63) is 24.3 Å². The predicted octanol–water partition coefficient (Wildman–Crippen LogP) is 0.656. The minimum absolute atomic E-state index is 0.173. The Kier molecular flexibility index (Phi) is 4.03. The van der Waals surface area contributed by atoms with Crippen molar-refractivity contribution in [3.8, 4) is 0 Å². The first-order chi connectivity index (χ1) is 8.27. The van der Waals surface area contributed by atoms with Crippen molar-refractivity contribution >= 4 is 5.91 Å². The minimum atomic E-state index is 0.173. The first kappa shape index (κ1) is 12.0. The van der Waals surface area contributed by atoms with Crippen molar-refractivity contribution in [2.45, 2.75) is 25.8 Å². The van der Waals surface area contributed by atoms with Crippen LogP contribution < -0.4 is 0 Å². The number of nitrogens with zero attached hydrogens (tertiary/aromatic N) is 3. The van der Waals surface area contributed by atoms with Crippen LogP contribution >= 0.6 is 0 Å². The summed E-state index contributed by atoms with van der Waals surface area (Å²) in [7, 11) is 0. The Morgan fingerprint density at radius 3 is 3.18 bits per heavy atom. The van der Waals surface area contributed by atoms with E-state index in [2.05, 4.69) is 9.97 Å². The van der Waals surface area contributed by atoms with Gasteiger partial charge in [0.15, 0.2) is 0 Å². The van der Waals surface area contributed by atoms with Gasteiger partial charge >= 0.3 is 0 Å². The smallest absolute Gasteiger partial charge is 0.223 e. The molecule has 0 N–H and O–H groups in total. The molecule has 5 nitrogen and oxygen atoms in total. The van der Waals surface area contributed by atoms with E-state index in [4.69, 9.17) is 4.74 Å². The highest BCUT2D eigenvalue weighted by Gasteiger charge is 2.23. The number of carbonyl (C=O) groups is 1. The summed E-state index contributed by atoms with van der Waals surface area (Å²) in [6.07, 6.45) is 6.13. The number of aryl methyl sites for hydroxylation is 1. The van der Waals surface area contributed by atoms with Gasteiger partial charge in [-0.25, -0.2) is 0 Å². The van der Waals surface area contributed by atoms with Gasteiger partial charge in [-0.2, -0.15) is 0 Å². The number of morpholine rings is 1. The van der Waals surface area contributed by atoms with E-state index in [1.807, 2.05) is 11.8 Å². The van der Waals surface area contributed by atoms with Crippen LogP contribution in [0.4, 0.5) is 0 Å². The van der Waals surface area contributed by atoms with E-state index in [-0.39, 0.29) is 11.9 Å². The van der Waals surface area contributed by atoms with Gasteiger partial charge in [0.2, 0.25) is 5.91 Å². The molecule has 1 aromatic heterocycles. The van der Waals surface area contributed by atoms with Gasteiger partial charge in [-0.05, 0) is 13.3 Å². The fraction of sp³-hybridized carbons (Fsp3) is 0.583. The van der Waals surface area contributed by atoms with E-state index < -0.39 is 0 Å². The number of hydrogen-bond acceptors (Lipinski definition) is 4. The molecule has 0 unspecified atom stereocenters. The quantitative estimate of drug-likeness (QED) is 0.772. The van der Waals surface area contributed by atoms with E-state index in [0.29, 0.717) is 32.6 Å². The van der Waals surface area contributed by atoms with Crippen LogP contribution in [0.1, 0.15) is 19.0 Å². The third kappa shape index (κ3) is 3.23. The topological polar surface area (TPSA) is 55.3 Å². The highest BCUT2D eigenvalue weighted by molar-refractivity contribution is 5.76. The van der Waals surface area contributed by atoms with Crippen LogP contribution in [0.25, 0.3) is 0 Å². The van der Waals surface area contributed by atoms with Gasteiger partial charge in [-0.15, -0.1) is 0 Å². The number of rotatable bonds is 3. The van der Waals surface area contributed by atoms with Crippen molar-refractivity contribution in [1.82, 2.24) is 14.9 Å². The van der Waals surface area contributed by atoms with Crippen LogP contribution in [0.2, 0.25) is 0 Å². The molecule has 2 rings (SSSR count). The van der Waals surface area contributed by atoms with Crippen molar-refractivity contribution < 1.29 is 9.53 Å². The van der Waals surface area contributed by atoms with Crippen LogP contribution in [0.15, 0.2) is 18.6 Å². The molecule has 1 aromatic rings. The average molecular weight is 235 g/mol. The summed E-state index contributed by atoms with van der Waals surface area (Å²) in [5.41, 5.74) is 0.863. The lowest BCUT2D eigenvalue weighted by molar-refractivity contribution is -0.139. The van der Waals surface area contributed by atoms with Gasteiger partial charge in [-0.1, -0.05) is 0 Å². The Labute approximate surface area is 101 Å². The van der Waals surface area contributed by atoms with Crippen LogP contribution in [0, 0.1) is 0 Å². The standard InChI is InChI=1S/C12H17N3O2/c1-10-9-17-7-6-15(10)12(16)3-2-11-8-13-4-5-14-11/h4-5,8,10H,2-3,6-7,9H2,1H3/t10-/m1/s1. The van der Waals surface area contributed by atoms with Crippen LogP contribution in [0.5, 0.6) is 0 Å². The van der Waals surface area contributed by atoms with Gasteiger partial charge in [0.1, 0.15) is 0 Å². The average Bonchev–Trinajstić information content (AvgIpc) is 2.38. The summed E-state index contributed by atoms with van der Waals surface area (Å²) in [5.74, 6) is 0.173. The molecule has 17 heavy (non-hydrogen) atoms. The fourth-order valence-corrected chi connectivity index (χ4v) is 1.94. The molecule has 0 spiro atoms. The maximum absolute atomic E-state index is 12.0. The van der Waals surface area contributed by atoms with Gasteiger partial charge in [-0.3, -0.25) is 14.8 Å². The van der Waals surface area contributed by atoms with Crippen LogP contribution in [-0.4, -0.2) is 46.6 Å². The monoisotopic (exact) mass is 235 g/mol. The summed E-state index contributed by atoms with van der Waals surface area (Å²) >= 11 is 0. The Morgan fingerprint density at radius 2 is 2.47 bits per heavy atom. The van der Waals surface area contributed by atoms with Gasteiger partial charge in [0.05, 0.1) is 24.9 Å². The molecule has 1 fully saturated rings. The second-order valence-electron chi connectivity index (χ2n) is 4.21. The molecule has 0 radical (unpaired) electrons. The molecule has 1 saturated heterocycles. The molecule has 5 heteroatoms. The number of ether oxygens (including phenoxy) is 1. The van der Waals surface area contributed by atoms with Gasteiger partial charge in [0.25, 0.3) is 0 Å². The number of hydrogen-bond donors (Lipinski definition) is 0. The van der Waals surface area contributed by atoms with E-state index in [0.717, 1.165) is 5.69 Å². The Bertz CT molecular complexity index is 369. The third-order valence-corrected chi connectivity index (χ3v) is 2.90. The molecule has 0 aliphatic carbocycles. The zero-order valence-electron chi connectivity index (χ0n) is 10.0. The molecule has 0 saturated carbocycles. The zero-order valence-corrected chi connectivity index (χ0v) is 10.0. The first-order valence-corrected chi connectivity index (χ1v) is 5.89. The van der Waals surface area contributed by atoms with E-state index in [9.17, 15) is 4.79 Å². The maximum Gasteiger partial charge on any atom is 0.223 e. The fourth-order valence-electron chi connectivity index (χ4n) is 1.94. The van der Waals surface area contributed by atoms with Crippen molar-refractivity contribution in [1.29, 1.82) is 0 Å². The summed E-state index contributed by atoms with van der Waals surface area (Å²) in [6.45, 7) is 3.98. The molecule has 1 aliphatic rings. The largest absolute Gasteiger partial charge is 0.377 e. The highest BCUT2D eigenvalue weighted by Crippen LogP contribution is 2.09. The first-order valence-electron chi connectivity index (χ1n) is 5.89. The normalized spacial score (nSPS) is 20.3. The molecule has 0 bridgehead atoms. The predicted molar refractivity (Wildman–Crippen MR) is 62.3 cm³/mol. The zero-order chi connectivity index (χ0) is 12.1. The number of carbonyl (C=O) groups excluding carboxylic acids is 1. The van der Waals surface area contributed by atoms with Crippen molar-refractivity contribution in [2.24, 2.45) is 0 Å². The third-order valence-electron chi connectivity index (χ3n) is 2.90. The van der Waals surface area contributed by atoms with Crippen LogP contribution in [-0.2, 0) is 16.0 Å². The Balaban J connectivity index is 1.84. The number of amides is 1. The lowest BCUT2D eigenvalue weighted by Crippen LogP contribution is -2.47.